The summed E-state index contributed by atoms with van der Waals surface area (Å²) in [6, 6.07) is 14.9. The molecule has 19 heavy (non-hydrogen) atoms. The molecule has 3 heteroatoms. The van der Waals surface area contributed by atoms with Crippen molar-refractivity contribution in [3.8, 4) is 5.75 Å². The molecule has 0 N–H and O–H groups in total. The van der Waals surface area contributed by atoms with Crippen LogP contribution in [0.2, 0.25) is 0 Å². The molecule has 0 saturated carbocycles. The van der Waals surface area contributed by atoms with Gasteiger partial charge in [0.15, 0.2) is 0 Å². The molecule has 0 saturated heterocycles. The maximum atomic E-state index is 5.74. The van der Waals surface area contributed by atoms with Gasteiger partial charge in [-0.25, -0.2) is 0 Å². The Labute approximate surface area is 130 Å². The molecule has 0 bridgehead atoms. The van der Waals surface area contributed by atoms with E-state index in [2.05, 4.69) is 81.2 Å². The monoisotopic (exact) mass is 380 g/mol. The van der Waals surface area contributed by atoms with Gasteiger partial charge in [0.2, 0.25) is 0 Å². The maximum absolute atomic E-state index is 5.74. The number of hydrogen-bond donors (Lipinski definition) is 0. The van der Waals surface area contributed by atoms with Gasteiger partial charge in [0.05, 0.1) is 4.83 Å². The van der Waals surface area contributed by atoms with Crippen molar-refractivity contribution in [3.05, 3.63) is 63.6 Å². The molecule has 3 rings (SSSR count). The molecular weight excluding hydrogens is 368 g/mol. The van der Waals surface area contributed by atoms with E-state index in [4.69, 9.17) is 4.74 Å². The molecule has 1 heterocycles. The lowest BCUT2D eigenvalue weighted by atomic mass is 10.0. The third kappa shape index (κ3) is 2.72. The van der Waals surface area contributed by atoms with Gasteiger partial charge >= 0.3 is 0 Å². The molecule has 2 atom stereocenters. The first-order valence-electron chi connectivity index (χ1n) is 6.32. The molecule has 0 amide bonds. The van der Waals surface area contributed by atoms with Crippen LogP contribution in [0.15, 0.2) is 46.9 Å². The van der Waals surface area contributed by atoms with Crippen LogP contribution < -0.4 is 4.74 Å². The van der Waals surface area contributed by atoms with E-state index in [1.54, 1.807) is 0 Å². The Kier molecular flexibility index (Phi) is 3.68. The van der Waals surface area contributed by atoms with E-state index < -0.39 is 0 Å². The molecule has 1 nitrogen and oxygen atoms in total. The molecule has 1 aliphatic heterocycles. The lowest BCUT2D eigenvalue weighted by molar-refractivity contribution is 0.254. The summed E-state index contributed by atoms with van der Waals surface area (Å²) in [7, 11) is 0. The Morgan fingerprint density at radius 3 is 2.53 bits per heavy atom. The average Bonchev–Trinajstić information content (AvgIpc) is 2.77. The summed E-state index contributed by atoms with van der Waals surface area (Å²) in [5.74, 6) is 1.03. The number of benzene rings is 2. The zero-order valence-electron chi connectivity index (χ0n) is 10.6. The standard InChI is InChI=1S/C16H14Br2O/c1-10-8-13-9-12(4-7-15(13)19-10)16(18)11-2-5-14(17)6-3-11/h2-7,9-10,16H,8H2,1H3. The van der Waals surface area contributed by atoms with Crippen LogP contribution >= 0.6 is 31.9 Å². The topological polar surface area (TPSA) is 9.23 Å². The quantitative estimate of drug-likeness (QED) is 0.645. The Balaban J connectivity index is 1.90. The van der Waals surface area contributed by atoms with Crippen molar-refractivity contribution in [1.82, 2.24) is 0 Å². The number of rotatable bonds is 2. The molecule has 0 spiro atoms. The van der Waals surface area contributed by atoms with E-state index in [1.165, 1.54) is 16.7 Å². The summed E-state index contributed by atoms with van der Waals surface area (Å²) in [6.45, 7) is 2.11. The van der Waals surface area contributed by atoms with Gasteiger partial charge in [0.1, 0.15) is 11.9 Å². The van der Waals surface area contributed by atoms with Crippen molar-refractivity contribution in [3.63, 3.8) is 0 Å². The highest BCUT2D eigenvalue weighted by Crippen LogP contribution is 2.36. The molecule has 0 aliphatic carbocycles. The number of halogens is 2. The SMILES string of the molecule is CC1Cc2cc(C(Br)c3ccc(Br)cc3)ccc2O1. The summed E-state index contributed by atoms with van der Waals surface area (Å²) in [6.07, 6.45) is 1.30. The fourth-order valence-corrected chi connectivity index (χ4v) is 3.28. The number of hydrogen-bond acceptors (Lipinski definition) is 1. The van der Waals surface area contributed by atoms with Crippen LogP contribution in [0.3, 0.4) is 0 Å². The number of alkyl halides is 1. The average molecular weight is 382 g/mol. The number of fused-ring (bicyclic) bond motifs is 1. The summed E-state index contributed by atoms with van der Waals surface area (Å²) in [5.41, 5.74) is 3.85. The minimum absolute atomic E-state index is 0.224. The first-order chi connectivity index (χ1) is 9.13. The van der Waals surface area contributed by atoms with Crippen LogP contribution in [0.1, 0.15) is 28.4 Å². The third-order valence-electron chi connectivity index (χ3n) is 3.38. The van der Waals surface area contributed by atoms with E-state index in [9.17, 15) is 0 Å². The molecular formula is C16H14Br2O. The van der Waals surface area contributed by atoms with Crippen molar-refractivity contribution < 1.29 is 4.74 Å². The summed E-state index contributed by atoms with van der Waals surface area (Å²) < 4.78 is 6.85. The predicted molar refractivity (Wildman–Crippen MR) is 85.1 cm³/mol. The Morgan fingerprint density at radius 1 is 1.11 bits per heavy atom. The highest BCUT2D eigenvalue weighted by atomic mass is 79.9. The molecule has 2 aromatic carbocycles. The molecule has 0 fully saturated rings. The molecule has 1 aliphatic rings. The molecule has 2 aromatic rings. The van der Waals surface area contributed by atoms with Gasteiger partial charge in [0, 0.05) is 10.9 Å². The van der Waals surface area contributed by atoms with Crippen LogP contribution in [0, 0.1) is 0 Å². The second kappa shape index (κ2) is 5.29. The fourth-order valence-electron chi connectivity index (χ4n) is 2.42. The second-order valence-electron chi connectivity index (χ2n) is 4.91. The van der Waals surface area contributed by atoms with Gasteiger partial charge in [-0.2, -0.15) is 0 Å². The molecule has 0 aromatic heterocycles. The normalized spacial score (nSPS) is 18.8. The van der Waals surface area contributed by atoms with Gasteiger partial charge in [-0.15, -0.1) is 0 Å². The van der Waals surface area contributed by atoms with Crippen molar-refractivity contribution >= 4 is 31.9 Å². The van der Waals surface area contributed by atoms with Crippen molar-refractivity contribution in [1.29, 1.82) is 0 Å². The Morgan fingerprint density at radius 2 is 1.79 bits per heavy atom. The van der Waals surface area contributed by atoms with Crippen LogP contribution in [0.5, 0.6) is 5.75 Å². The van der Waals surface area contributed by atoms with E-state index in [1.807, 2.05) is 0 Å². The fraction of sp³-hybridized carbons (Fsp3) is 0.250. The van der Waals surface area contributed by atoms with Gasteiger partial charge in [-0.3, -0.25) is 0 Å². The molecule has 98 valence electrons. The maximum Gasteiger partial charge on any atom is 0.123 e. The minimum Gasteiger partial charge on any atom is -0.490 e. The van der Waals surface area contributed by atoms with Gasteiger partial charge in [-0.05, 0) is 41.8 Å². The van der Waals surface area contributed by atoms with Crippen molar-refractivity contribution in [2.24, 2.45) is 0 Å². The molecule has 2 unspecified atom stereocenters. The van der Waals surface area contributed by atoms with Crippen LogP contribution in [0.25, 0.3) is 0 Å². The first-order valence-corrected chi connectivity index (χ1v) is 8.03. The highest BCUT2D eigenvalue weighted by molar-refractivity contribution is 9.10. The summed E-state index contributed by atoms with van der Waals surface area (Å²) in [5, 5.41) is 0. The zero-order chi connectivity index (χ0) is 13.4. The lowest BCUT2D eigenvalue weighted by Gasteiger charge is -2.12. The predicted octanol–water partition coefficient (Wildman–Crippen LogP) is 5.26. The largest absolute Gasteiger partial charge is 0.490 e. The second-order valence-corrected chi connectivity index (χ2v) is 6.75. The summed E-state index contributed by atoms with van der Waals surface area (Å²) >= 11 is 7.25. The van der Waals surface area contributed by atoms with Crippen LogP contribution in [-0.2, 0) is 6.42 Å². The lowest BCUT2D eigenvalue weighted by Crippen LogP contribution is -2.05. The third-order valence-corrected chi connectivity index (χ3v) is 4.96. The number of ether oxygens (including phenoxy) is 1. The van der Waals surface area contributed by atoms with Crippen molar-refractivity contribution in [2.45, 2.75) is 24.3 Å². The smallest absolute Gasteiger partial charge is 0.123 e. The van der Waals surface area contributed by atoms with E-state index in [0.717, 1.165) is 16.6 Å². The van der Waals surface area contributed by atoms with Crippen LogP contribution in [0.4, 0.5) is 0 Å². The van der Waals surface area contributed by atoms with Gasteiger partial charge in [-0.1, -0.05) is 56.1 Å². The van der Waals surface area contributed by atoms with E-state index >= 15 is 0 Å². The molecule has 0 radical (unpaired) electrons. The minimum atomic E-state index is 0.224. The highest BCUT2D eigenvalue weighted by Gasteiger charge is 2.20. The first kappa shape index (κ1) is 13.2. The van der Waals surface area contributed by atoms with E-state index in [-0.39, 0.29) is 4.83 Å². The summed E-state index contributed by atoms with van der Waals surface area (Å²) in [4.78, 5) is 0.224. The zero-order valence-corrected chi connectivity index (χ0v) is 13.7. The Bertz CT molecular complexity index is 592. The van der Waals surface area contributed by atoms with Gasteiger partial charge in [0.25, 0.3) is 0 Å². The van der Waals surface area contributed by atoms with Gasteiger partial charge < -0.3 is 4.74 Å². The van der Waals surface area contributed by atoms with Crippen LogP contribution in [-0.4, -0.2) is 6.10 Å². The Hall–Kier alpha value is -0.800. The van der Waals surface area contributed by atoms with Crippen molar-refractivity contribution in [2.75, 3.05) is 0 Å². The van der Waals surface area contributed by atoms with E-state index in [0.29, 0.717) is 6.10 Å².